The lowest BCUT2D eigenvalue weighted by Gasteiger charge is -2.15. The highest BCUT2D eigenvalue weighted by Gasteiger charge is 2.20. The van der Waals surface area contributed by atoms with Crippen molar-refractivity contribution in [3.63, 3.8) is 0 Å². The van der Waals surface area contributed by atoms with Gasteiger partial charge in [0.1, 0.15) is 6.04 Å². The predicted molar refractivity (Wildman–Crippen MR) is 78.4 cm³/mol. The maximum absolute atomic E-state index is 11.7. The summed E-state index contributed by atoms with van der Waals surface area (Å²) in [6.07, 6.45) is 5.25. The smallest absolute Gasteiger partial charge is 0.326 e. The number of aliphatic carboxylic acids is 1. The number of nitrogens with one attached hydrogen (secondary N) is 3. The van der Waals surface area contributed by atoms with Crippen LogP contribution in [0.2, 0.25) is 0 Å². The van der Waals surface area contributed by atoms with Gasteiger partial charge in [-0.25, -0.2) is 14.6 Å². The number of hydrogen-bond acceptors (Lipinski definition) is 4. The summed E-state index contributed by atoms with van der Waals surface area (Å²) in [6.45, 7) is 2.16. The van der Waals surface area contributed by atoms with Gasteiger partial charge in [0.05, 0.1) is 6.33 Å². The minimum Gasteiger partial charge on any atom is -0.480 e. The SMILES string of the molecule is CC(CCNC(=O)N[C@H](Cc1cnc[nH]1)C(=O)O)S(C)=O. The van der Waals surface area contributed by atoms with E-state index in [0.717, 1.165) is 0 Å². The van der Waals surface area contributed by atoms with Gasteiger partial charge < -0.3 is 20.7 Å². The fraction of sp³-hybridized carbons (Fsp3) is 0.583. The molecule has 0 saturated heterocycles. The highest BCUT2D eigenvalue weighted by Crippen LogP contribution is 1.99. The first-order chi connectivity index (χ1) is 9.90. The molecule has 0 aliphatic carbocycles. The van der Waals surface area contributed by atoms with E-state index in [0.29, 0.717) is 18.7 Å². The Balaban J connectivity index is 2.39. The van der Waals surface area contributed by atoms with Crippen molar-refractivity contribution in [1.82, 2.24) is 20.6 Å². The van der Waals surface area contributed by atoms with Crippen molar-refractivity contribution in [2.45, 2.75) is 31.1 Å². The van der Waals surface area contributed by atoms with Gasteiger partial charge in [-0.15, -0.1) is 0 Å². The molecule has 0 saturated carbocycles. The van der Waals surface area contributed by atoms with Crippen LogP contribution in [0.3, 0.4) is 0 Å². The molecule has 1 aromatic rings. The number of aromatic amines is 1. The van der Waals surface area contributed by atoms with E-state index < -0.39 is 28.8 Å². The third-order valence-electron chi connectivity index (χ3n) is 2.99. The van der Waals surface area contributed by atoms with Crippen molar-refractivity contribution >= 4 is 22.8 Å². The third-order valence-corrected chi connectivity index (χ3v) is 4.35. The Morgan fingerprint density at radius 2 is 2.24 bits per heavy atom. The van der Waals surface area contributed by atoms with Crippen LogP contribution in [0.4, 0.5) is 4.79 Å². The molecule has 1 heterocycles. The van der Waals surface area contributed by atoms with Crippen molar-refractivity contribution in [3.8, 4) is 0 Å². The molecule has 1 rings (SSSR count). The summed E-state index contributed by atoms with van der Waals surface area (Å²) in [4.78, 5) is 29.3. The average Bonchev–Trinajstić information content (AvgIpc) is 2.90. The van der Waals surface area contributed by atoms with Crippen LogP contribution in [0.1, 0.15) is 19.0 Å². The monoisotopic (exact) mass is 316 g/mol. The number of amides is 2. The molecule has 1 aromatic heterocycles. The average molecular weight is 316 g/mol. The van der Waals surface area contributed by atoms with E-state index in [1.54, 1.807) is 6.26 Å². The number of imidazole rings is 1. The summed E-state index contributed by atoms with van der Waals surface area (Å²) >= 11 is 0. The fourth-order valence-corrected chi connectivity index (χ4v) is 2.03. The van der Waals surface area contributed by atoms with Crippen LogP contribution in [0.25, 0.3) is 0 Å². The van der Waals surface area contributed by atoms with E-state index in [4.69, 9.17) is 5.11 Å². The first kappa shape index (κ1) is 17.2. The summed E-state index contributed by atoms with van der Waals surface area (Å²) in [5.41, 5.74) is 0.623. The van der Waals surface area contributed by atoms with Gasteiger partial charge in [0.25, 0.3) is 0 Å². The number of carbonyl (C=O) groups is 2. The molecule has 21 heavy (non-hydrogen) atoms. The Hall–Kier alpha value is -1.90. The Labute approximate surface area is 125 Å². The van der Waals surface area contributed by atoms with Gasteiger partial charge in [0.15, 0.2) is 0 Å². The largest absolute Gasteiger partial charge is 0.480 e. The second-order valence-corrected chi connectivity index (χ2v) is 6.47. The number of nitrogens with zero attached hydrogens (tertiary/aromatic N) is 1. The number of carboxylic acids is 1. The number of H-pyrrole nitrogens is 1. The number of carboxylic acid groups (broad SMARTS) is 1. The molecule has 0 bridgehead atoms. The quantitative estimate of drug-likeness (QED) is 0.531. The van der Waals surface area contributed by atoms with E-state index >= 15 is 0 Å². The van der Waals surface area contributed by atoms with E-state index in [1.807, 2.05) is 6.92 Å². The number of rotatable bonds is 8. The molecular weight excluding hydrogens is 296 g/mol. The van der Waals surface area contributed by atoms with Crippen LogP contribution in [-0.4, -0.2) is 55.4 Å². The van der Waals surface area contributed by atoms with Crippen LogP contribution in [0.15, 0.2) is 12.5 Å². The van der Waals surface area contributed by atoms with E-state index in [-0.39, 0.29) is 11.7 Å². The normalized spacial score (nSPS) is 15.0. The standard InChI is InChI=1S/C12H20N4O4S/c1-8(21(2)20)3-4-14-12(19)16-10(11(17)18)5-9-6-13-7-15-9/h6-8,10H,3-5H2,1-2H3,(H,13,15)(H,17,18)(H2,14,16,19)/t8?,10-,21?/m1/s1. The maximum Gasteiger partial charge on any atom is 0.326 e. The molecule has 3 atom stereocenters. The molecule has 2 amide bonds. The molecule has 0 aliphatic heterocycles. The topological polar surface area (TPSA) is 124 Å². The highest BCUT2D eigenvalue weighted by molar-refractivity contribution is 7.84. The number of carbonyl (C=O) groups excluding carboxylic acids is 1. The molecule has 2 unspecified atom stereocenters. The van der Waals surface area contributed by atoms with Gasteiger partial charge in [-0.05, 0) is 6.42 Å². The summed E-state index contributed by atoms with van der Waals surface area (Å²) in [5, 5.41) is 14.0. The predicted octanol–water partition coefficient (Wildman–Crippen LogP) is -0.138. The van der Waals surface area contributed by atoms with Crippen molar-refractivity contribution in [3.05, 3.63) is 18.2 Å². The van der Waals surface area contributed by atoms with Crippen molar-refractivity contribution in [2.75, 3.05) is 12.8 Å². The number of aromatic nitrogens is 2. The molecule has 0 spiro atoms. The summed E-state index contributed by atoms with van der Waals surface area (Å²) in [6, 6.07) is -1.60. The minimum absolute atomic E-state index is 0.0226. The molecule has 0 aliphatic rings. The van der Waals surface area contributed by atoms with Crippen LogP contribution >= 0.6 is 0 Å². The van der Waals surface area contributed by atoms with Gasteiger partial charge in [-0.3, -0.25) is 4.21 Å². The molecule has 4 N–H and O–H groups in total. The zero-order valence-electron chi connectivity index (χ0n) is 12.0. The number of urea groups is 1. The molecule has 0 fully saturated rings. The van der Waals surface area contributed by atoms with Crippen LogP contribution in [0, 0.1) is 0 Å². The lowest BCUT2D eigenvalue weighted by Crippen LogP contribution is -2.47. The zero-order chi connectivity index (χ0) is 15.8. The van der Waals surface area contributed by atoms with E-state index in [2.05, 4.69) is 20.6 Å². The summed E-state index contributed by atoms with van der Waals surface area (Å²) < 4.78 is 11.2. The van der Waals surface area contributed by atoms with Crippen molar-refractivity contribution in [2.24, 2.45) is 0 Å². The van der Waals surface area contributed by atoms with E-state index in [1.165, 1.54) is 12.5 Å². The van der Waals surface area contributed by atoms with Gasteiger partial charge in [0, 0.05) is 47.2 Å². The highest BCUT2D eigenvalue weighted by atomic mass is 32.2. The van der Waals surface area contributed by atoms with Gasteiger partial charge in [-0.1, -0.05) is 6.92 Å². The van der Waals surface area contributed by atoms with Crippen LogP contribution < -0.4 is 10.6 Å². The molecular formula is C12H20N4O4S. The van der Waals surface area contributed by atoms with Gasteiger partial charge in [-0.2, -0.15) is 0 Å². The van der Waals surface area contributed by atoms with Gasteiger partial charge >= 0.3 is 12.0 Å². The summed E-state index contributed by atoms with van der Waals surface area (Å²) in [7, 11) is -0.942. The fourth-order valence-electron chi connectivity index (χ4n) is 1.58. The lowest BCUT2D eigenvalue weighted by atomic mass is 10.2. The maximum atomic E-state index is 11.7. The molecule has 9 heteroatoms. The first-order valence-electron chi connectivity index (χ1n) is 6.46. The first-order valence-corrected chi connectivity index (χ1v) is 8.09. The van der Waals surface area contributed by atoms with Gasteiger partial charge in [0.2, 0.25) is 0 Å². The Bertz CT molecular complexity index is 491. The third kappa shape index (κ3) is 6.39. The Morgan fingerprint density at radius 1 is 1.52 bits per heavy atom. The number of hydrogen-bond donors (Lipinski definition) is 4. The van der Waals surface area contributed by atoms with Crippen LogP contribution in [0.5, 0.6) is 0 Å². The molecule has 118 valence electrons. The zero-order valence-corrected chi connectivity index (χ0v) is 12.8. The Kier molecular flexibility index (Phi) is 6.86. The van der Waals surface area contributed by atoms with Crippen molar-refractivity contribution in [1.29, 1.82) is 0 Å². The molecule has 8 nitrogen and oxygen atoms in total. The Morgan fingerprint density at radius 3 is 2.76 bits per heavy atom. The molecule has 0 aromatic carbocycles. The van der Waals surface area contributed by atoms with E-state index in [9.17, 15) is 13.8 Å². The van der Waals surface area contributed by atoms with Crippen molar-refractivity contribution < 1.29 is 18.9 Å². The van der Waals surface area contributed by atoms with Crippen LogP contribution in [-0.2, 0) is 22.0 Å². The minimum atomic E-state index is -1.12. The second kappa shape index (κ2) is 8.40. The molecule has 0 radical (unpaired) electrons. The lowest BCUT2D eigenvalue weighted by molar-refractivity contribution is -0.139. The summed E-state index contributed by atoms with van der Waals surface area (Å²) in [5.74, 6) is -1.12. The second-order valence-electron chi connectivity index (χ2n) is 4.67.